The van der Waals surface area contributed by atoms with Gasteiger partial charge in [0.2, 0.25) is 0 Å². The van der Waals surface area contributed by atoms with Crippen molar-refractivity contribution in [1.29, 1.82) is 0 Å². The van der Waals surface area contributed by atoms with Gasteiger partial charge in [0, 0.05) is 24.8 Å². The Morgan fingerprint density at radius 2 is 1.83 bits per heavy atom. The number of aromatic nitrogens is 1. The standard InChI is InChI=1S/C19H25N3O/c1-14(2)21-19(23)17-10-18(12-20-11-17)22(15(3)4)13-16-8-6-5-7-9-16/h5-12,14-15H,13H2,1-4H3,(H,21,23). The molecular formula is C19H25N3O. The molecule has 1 heterocycles. The monoisotopic (exact) mass is 311 g/mol. The lowest BCUT2D eigenvalue weighted by molar-refractivity contribution is 0.0943. The van der Waals surface area contributed by atoms with E-state index in [4.69, 9.17) is 0 Å². The summed E-state index contributed by atoms with van der Waals surface area (Å²) >= 11 is 0. The second-order valence-electron chi connectivity index (χ2n) is 6.27. The van der Waals surface area contributed by atoms with Gasteiger partial charge in [0.15, 0.2) is 0 Å². The van der Waals surface area contributed by atoms with Gasteiger partial charge in [-0.05, 0) is 39.3 Å². The largest absolute Gasteiger partial charge is 0.364 e. The van der Waals surface area contributed by atoms with Gasteiger partial charge in [-0.15, -0.1) is 0 Å². The van der Waals surface area contributed by atoms with Crippen molar-refractivity contribution in [3.63, 3.8) is 0 Å². The third kappa shape index (κ3) is 4.81. The second kappa shape index (κ2) is 7.77. The van der Waals surface area contributed by atoms with E-state index in [1.165, 1.54) is 5.56 Å². The summed E-state index contributed by atoms with van der Waals surface area (Å²) < 4.78 is 0. The smallest absolute Gasteiger partial charge is 0.253 e. The minimum atomic E-state index is -0.0854. The van der Waals surface area contributed by atoms with Gasteiger partial charge in [-0.1, -0.05) is 30.3 Å². The van der Waals surface area contributed by atoms with Gasteiger partial charge >= 0.3 is 0 Å². The summed E-state index contributed by atoms with van der Waals surface area (Å²) in [6.45, 7) is 8.97. The van der Waals surface area contributed by atoms with Crippen LogP contribution in [-0.2, 0) is 6.54 Å². The molecule has 1 aromatic carbocycles. The molecule has 0 radical (unpaired) electrons. The molecule has 0 saturated carbocycles. The Balaban J connectivity index is 2.24. The molecule has 0 unspecified atom stereocenters. The highest BCUT2D eigenvalue weighted by atomic mass is 16.1. The summed E-state index contributed by atoms with van der Waals surface area (Å²) in [4.78, 5) is 18.7. The quantitative estimate of drug-likeness (QED) is 0.886. The Bertz CT molecular complexity index is 638. The highest BCUT2D eigenvalue weighted by Gasteiger charge is 2.14. The van der Waals surface area contributed by atoms with Crippen LogP contribution in [0, 0.1) is 0 Å². The molecule has 0 atom stereocenters. The summed E-state index contributed by atoms with van der Waals surface area (Å²) in [5, 5.41) is 2.91. The van der Waals surface area contributed by atoms with Crippen molar-refractivity contribution in [2.45, 2.75) is 46.3 Å². The lowest BCUT2D eigenvalue weighted by atomic mass is 10.1. The predicted octanol–water partition coefficient (Wildman–Crippen LogP) is 3.63. The number of benzene rings is 1. The van der Waals surface area contributed by atoms with Crippen LogP contribution in [0.5, 0.6) is 0 Å². The van der Waals surface area contributed by atoms with E-state index in [2.05, 4.69) is 41.2 Å². The van der Waals surface area contributed by atoms with Crippen molar-refractivity contribution >= 4 is 11.6 Å². The van der Waals surface area contributed by atoms with Crippen LogP contribution in [-0.4, -0.2) is 23.0 Å². The molecule has 1 N–H and O–H groups in total. The molecule has 0 saturated heterocycles. The van der Waals surface area contributed by atoms with Gasteiger partial charge < -0.3 is 10.2 Å². The lowest BCUT2D eigenvalue weighted by Crippen LogP contribution is -2.32. The predicted molar refractivity (Wildman–Crippen MR) is 94.6 cm³/mol. The highest BCUT2D eigenvalue weighted by molar-refractivity contribution is 5.94. The normalized spacial score (nSPS) is 10.9. The maximum absolute atomic E-state index is 12.2. The van der Waals surface area contributed by atoms with Gasteiger partial charge in [0.25, 0.3) is 5.91 Å². The Morgan fingerprint density at radius 3 is 2.43 bits per heavy atom. The Hall–Kier alpha value is -2.36. The number of nitrogens with one attached hydrogen (secondary N) is 1. The molecule has 0 bridgehead atoms. The SMILES string of the molecule is CC(C)NC(=O)c1cncc(N(Cc2ccccc2)C(C)C)c1. The molecule has 0 aliphatic carbocycles. The van der Waals surface area contributed by atoms with Crippen LogP contribution in [0.4, 0.5) is 5.69 Å². The first kappa shape index (κ1) is 17.0. The van der Waals surface area contributed by atoms with Crippen molar-refractivity contribution in [2.24, 2.45) is 0 Å². The molecule has 2 rings (SSSR count). The van der Waals surface area contributed by atoms with E-state index in [-0.39, 0.29) is 11.9 Å². The number of carbonyl (C=O) groups is 1. The van der Waals surface area contributed by atoms with E-state index in [1.54, 1.807) is 6.20 Å². The fourth-order valence-electron chi connectivity index (χ4n) is 2.41. The van der Waals surface area contributed by atoms with Gasteiger partial charge in [0.05, 0.1) is 17.4 Å². The van der Waals surface area contributed by atoms with Crippen LogP contribution in [0.25, 0.3) is 0 Å². The third-order valence-corrected chi connectivity index (χ3v) is 3.56. The number of rotatable bonds is 6. The highest BCUT2D eigenvalue weighted by Crippen LogP contribution is 2.20. The second-order valence-corrected chi connectivity index (χ2v) is 6.27. The first-order valence-electron chi connectivity index (χ1n) is 8.04. The van der Waals surface area contributed by atoms with Crippen LogP contribution in [0.2, 0.25) is 0 Å². The molecule has 4 nitrogen and oxygen atoms in total. The van der Waals surface area contributed by atoms with E-state index in [9.17, 15) is 4.79 Å². The Morgan fingerprint density at radius 1 is 1.13 bits per heavy atom. The first-order chi connectivity index (χ1) is 11.0. The minimum absolute atomic E-state index is 0.0854. The van der Waals surface area contributed by atoms with Crippen molar-refractivity contribution in [2.75, 3.05) is 4.90 Å². The van der Waals surface area contributed by atoms with Gasteiger partial charge in [0.1, 0.15) is 0 Å². The summed E-state index contributed by atoms with van der Waals surface area (Å²) in [5.41, 5.74) is 2.79. The number of pyridine rings is 1. The molecular weight excluding hydrogens is 286 g/mol. The zero-order valence-electron chi connectivity index (χ0n) is 14.3. The van der Waals surface area contributed by atoms with E-state index in [0.717, 1.165) is 12.2 Å². The molecule has 1 aromatic heterocycles. The molecule has 4 heteroatoms. The van der Waals surface area contributed by atoms with Crippen molar-refractivity contribution < 1.29 is 4.79 Å². The average molecular weight is 311 g/mol. The Labute approximate surface area is 138 Å². The van der Waals surface area contributed by atoms with E-state index in [1.807, 2.05) is 44.3 Å². The molecule has 0 spiro atoms. The number of carbonyl (C=O) groups excluding carboxylic acids is 1. The van der Waals surface area contributed by atoms with Crippen LogP contribution >= 0.6 is 0 Å². The van der Waals surface area contributed by atoms with E-state index in [0.29, 0.717) is 11.6 Å². The van der Waals surface area contributed by atoms with Gasteiger partial charge in [-0.3, -0.25) is 9.78 Å². The summed E-state index contributed by atoms with van der Waals surface area (Å²) in [6.07, 6.45) is 3.43. The fraction of sp³-hybridized carbons (Fsp3) is 0.368. The van der Waals surface area contributed by atoms with E-state index >= 15 is 0 Å². The average Bonchev–Trinajstić information content (AvgIpc) is 2.53. The minimum Gasteiger partial charge on any atom is -0.364 e. The number of hydrogen-bond acceptors (Lipinski definition) is 3. The molecule has 0 aliphatic rings. The van der Waals surface area contributed by atoms with E-state index < -0.39 is 0 Å². The van der Waals surface area contributed by atoms with Crippen molar-refractivity contribution in [1.82, 2.24) is 10.3 Å². The van der Waals surface area contributed by atoms with Crippen molar-refractivity contribution in [3.8, 4) is 0 Å². The number of nitrogens with zero attached hydrogens (tertiary/aromatic N) is 2. The van der Waals surface area contributed by atoms with Gasteiger partial charge in [-0.25, -0.2) is 0 Å². The van der Waals surface area contributed by atoms with Crippen LogP contribution < -0.4 is 10.2 Å². The summed E-state index contributed by atoms with van der Waals surface area (Å²) in [6, 6.07) is 12.6. The molecule has 0 aliphatic heterocycles. The lowest BCUT2D eigenvalue weighted by Gasteiger charge is -2.29. The molecule has 0 fully saturated rings. The fourth-order valence-corrected chi connectivity index (χ4v) is 2.41. The maximum Gasteiger partial charge on any atom is 0.253 e. The first-order valence-corrected chi connectivity index (χ1v) is 8.04. The number of amides is 1. The summed E-state index contributed by atoms with van der Waals surface area (Å²) in [7, 11) is 0. The molecule has 2 aromatic rings. The molecule has 1 amide bonds. The number of anilines is 1. The van der Waals surface area contributed by atoms with Crippen LogP contribution in [0.15, 0.2) is 48.8 Å². The molecule has 122 valence electrons. The third-order valence-electron chi connectivity index (χ3n) is 3.56. The topological polar surface area (TPSA) is 45.2 Å². The molecule has 23 heavy (non-hydrogen) atoms. The Kier molecular flexibility index (Phi) is 5.74. The van der Waals surface area contributed by atoms with Gasteiger partial charge in [-0.2, -0.15) is 0 Å². The van der Waals surface area contributed by atoms with Crippen LogP contribution in [0.3, 0.4) is 0 Å². The van der Waals surface area contributed by atoms with Crippen molar-refractivity contribution in [3.05, 3.63) is 59.9 Å². The maximum atomic E-state index is 12.2. The zero-order chi connectivity index (χ0) is 16.8. The zero-order valence-corrected chi connectivity index (χ0v) is 14.3. The number of hydrogen-bond donors (Lipinski definition) is 1. The van der Waals surface area contributed by atoms with Crippen LogP contribution in [0.1, 0.15) is 43.6 Å². The summed E-state index contributed by atoms with van der Waals surface area (Å²) in [5.74, 6) is -0.0854.